The zero-order valence-corrected chi connectivity index (χ0v) is 25.1. The van der Waals surface area contributed by atoms with Crippen LogP contribution in [0.25, 0.3) is 16.9 Å². The lowest BCUT2D eigenvalue weighted by atomic mass is 9.99. The molecule has 0 spiro atoms. The highest BCUT2D eigenvalue weighted by Crippen LogP contribution is 2.49. The maximum Gasteiger partial charge on any atom is 0.240 e. The van der Waals surface area contributed by atoms with Crippen LogP contribution in [-0.4, -0.2) is 33.9 Å². The number of aromatic nitrogens is 2. The van der Waals surface area contributed by atoms with Gasteiger partial charge in [0.2, 0.25) is 11.8 Å². The molecular formula is C35H30F2N4O2S. The van der Waals surface area contributed by atoms with Crippen LogP contribution >= 0.6 is 11.8 Å². The number of carbonyl (C=O) groups excluding carboxylic acids is 2. The fourth-order valence-electron chi connectivity index (χ4n) is 5.50. The number of nitrogens with zero attached hydrogens (tertiary/aromatic N) is 3. The van der Waals surface area contributed by atoms with Gasteiger partial charge in [0.15, 0.2) is 0 Å². The first-order valence-electron chi connectivity index (χ1n) is 14.2. The number of fused-ring (bicyclic) bond motifs is 1. The Kier molecular flexibility index (Phi) is 8.30. The molecule has 0 saturated heterocycles. The van der Waals surface area contributed by atoms with E-state index in [1.807, 2.05) is 92.7 Å². The third-order valence-electron chi connectivity index (χ3n) is 7.60. The first-order valence-corrected chi connectivity index (χ1v) is 15.3. The Labute approximate surface area is 258 Å². The number of thioether (sulfide) groups is 1. The molecule has 1 aliphatic rings. The van der Waals surface area contributed by atoms with E-state index in [2.05, 4.69) is 5.32 Å². The summed E-state index contributed by atoms with van der Waals surface area (Å²) in [6, 6.07) is 28.4. The molecular weight excluding hydrogens is 578 g/mol. The van der Waals surface area contributed by atoms with Crippen LogP contribution in [-0.2, 0) is 16.1 Å². The van der Waals surface area contributed by atoms with Crippen molar-refractivity contribution in [1.82, 2.24) is 15.1 Å². The molecule has 2 heterocycles. The van der Waals surface area contributed by atoms with Crippen molar-refractivity contribution in [2.75, 3.05) is 17.2 Å². The van der Waals surface area contributed by atoms with Gasteiger partial charge in [0.25, 0.3) is 0 Å². The fraction of sp³-hybridized carbons (Fsp3) is 0.171. The van der Waals surface area contributed by atoms with E-state index in [1.54, 1.807) is 4.68 Å². The number of rotatable bonds is 7. The lowest BCUT2D eigenvalue weighted by Gasteiger charge is -2.24. The SMILES string of the molecule is Cc1ccc(-n2nc(-c3ccccc3)c3c2N(CC(=O)NCc2ccccc2)C(=O)CSC3c2ccc(F)cc2F)c(C)c1. The highest BCUT2D eigenvalue weighted by molar-refractivity contribution is 8.00. The lowest BCUT2D eigenvalue weighted by Crippen LogP contribution is -2.42. The van der Waals surface area contributed by atoms with Crippen LogP contribution in [0.15, 0.2) is 97.1 Å². The van der Waals surface area contributed by atoms with Crippen molar-refractivity contribution in [3.63, 3.8) is 0 Å². The summed E-state index contributed by atoms with van der Waals surface area (Å²) >= 11 is 1.23. The predicted octanol–water partition coefficient (Wildman–Crippen LogP) is 6.92. The molecule has 2 amide bonds. The van der Waals surface area contributed by atoms with E-state index in [0.717, 1.165) is 34.0 Å². The molecule has 0 radical (unpaired) electrons. The van der Waals surface area contributed by atoms with Gasteiger partial charge in [-0.15, -0.1) is 11.8 Å². The largest absolute Gasteiger partial charge is 0.350 e. The number of benzene rings is 4. The average Bonchev–Trinajstić information content (AvgIpc) is 3.34. The predicted molar refractivity (Wildman–Crippen MR) is 170 cm³/mol. The molecule has 1 unspecified atom stereocenters. The van der Waals surface area contributed by atoms with Crippen LogP contribution in [0, 0.1) is 25.5 Å². The molecule has 1 aliphatic heterocycles. The van der Waals surface area contributed by atoms with Gasteiger partial charge in [-0.1, -0.05) is 84.4 Å². The lowest BCUT2D eigenvalue weighted by molar-refractivity contribution is -0.123. The van der Waals surface area contributed by atoms with Crippen molar-refractivity contribution < 1.29 is 18.4 Å². The molecule has 6 nitrogen and oxygen atoms in total. The quantitative estimate of drug-likeness (QED) is 0.218. The zero-order valence-electron chi connectivity index (χ0n) is 24.3. The number of hydrogen-bond acceptors (Lipinski definition) is 4. The van der Waals surface area contributed by atoms with Gasteiger partial charge in [0.1, 0.15) is 24.0 Å². The summed E-state index contributed by atoms with van der Waals surface area (Å²) in [5.41, 5.74) is 5.75. The third-order valence-corrected chi connectivity index (χ3v) is 8.83. The monoisotopic (exact) mass is 608 g/mol. The Morgan fingerprint density at radius 3 is 2.39 bits per heavy atom. The molecule has 222 valence electrons. The second-order valence-electron chi connectivity index (χ2n) is 10.8. The van der Waals surface area contributed by atoms with Crippen LogP contribution in [0.2, 0.25) is 0 Å². The smallest absolute Gasteiger partial charge is 0.240 e. The molecule has 0 fully saturated rings. The second-order valence-corrected chi connectivity index (χ2v) is 11.8. The highest BCUT2D eigenvalue weighted by atomic mass is 32.2. The molecule has 9 heteroatoms. The van der Waals surface area contributed by atoms with E-state index in [4.69, 9.17) is 5.10 Å². The van der Waals surface area contributed by atoms with E-state index >= 15 is 4.39 Å². The van der Waals surface area contributed by atoms with Gasteiger partial charge >= 0.3 is 0 Å². The normalized spacial score (nSPS) is 14.7. The average molecular weight is 609 g/mol. The number of amides is 2. The molecule has 0 saturated carbocycles. The first kappa shape index (κ1) is 29.3. The van der Waals surface area contributed by atoms with Gasteiger partial charge in [-0.2, -0.15) is 5.10 Å². The Bertz CT molecular complexity index is 1840. The summed E-state index contributed by atoms with van der Waals surface area (Å²) < 4.78 is 31.2. The molecule has 1 atom stereocenters. The molecule has 6 rings (SSSR count). The molecule has 44 heavy (non-hydrogen) atoms. The minimum atomic E-state index is -0.715. The molecule has 0 aliphatic carbocycles. The first-order chi connectivity index (χ1) is 21.3. The van der Waals surface area contributed by atoms with Crippen LogP contribution in [0.5, 0.6) is 0 Å². The molecule has 0 bridgehead atoms. The minimum absolute atomic E-state index is 0.0246. The third kappa shape index (κ3) is 5.88. The zero-order chi connectivity index (χ0) is 30.8. The van der Waals surface area contributed by atoms with Crippen molar-refractivity contribution in [3.05, 3.63) is 137 Å². The van der Waals surface area contributed by atoms with Crippen molar-refractivity contribution in [2.24, 2.45) is 0 Å². The maximum atomic E-state index is 15.5. The Balaban J connectivity index is 1.55. The van der Waals surface area contributed by atoms with Gasteiger partial charge in [-0.3, -0.25) is 14.5 Å². The van der Waals surface area contributed by atoms with Crippen molar-refractivity contribution in [2.45, 2.75) is 25.6 Å². The minimum Gasteiger partial charge on any atom is -0.350 e. The number of carbonyl (C=O) groups is 2. The maximum absolute atomic E-state index is 15.5. The molecule has 1 N–H and O–H groups in total. The fourth-order valence-corrected chi connectivity index (χ4v) is 6.71. The van der Waals surface area contributed by atoms with Gasteiger partial charge < -0.3 is 5.32 Å². The Hall–Kier alpha value is -4.76. The van der Waals surface area contributed by atoms with E-state index < -0.39 is 16.9 Å². The number of anilines is 1. The second kappa shape index (κ2) is 12.5. The van der Waals surface area contributed by atoms with Crippen LogP contribution in [0.4, 0.5) is 14.6 Å². The van der Waals surface area contributed by atoms with E-state index in [-0.39, 0.29) is 29.7 Å². The van der Waals surface area contributed by atoms with Crippen LogP contribution in [0.3, 0.4) is 0 Å². The van der Waals surface area contributed by atoms with Gasteiger partial charge in [-0.05, 0) is 37.1 Å². The van der Waals surface area contributed by atoms with Gasteiger partial charge in [0.05, 0.1) is 22.4 Å². The summed E-state index contributed by atoms with van der Waals surface area (Å²) in [5.74, 6) is -1.71. The summed E-state index contributed by atoms with van der Waals surface area (Å²) in [6.45, 7) is 3.99. The Morgan fingerprint density at radius 1 is 0.955 bits per heavy atom. The molecule has 5 aromatic rings. The number of nitrogens with one attached hydrogen (secondary N) is 1. The van der Waals surface area contributed by atoms with Gasteiger partial charge in [0, 0.05) is 29.3 Å². The number of aryl methyl sites for hydroxylation is 2. The number of halogens is 2. The van der Waals surface area contributed by atoms with E-state index in [1.165, 1.54) is 28.8 Å². The Morgan fingerprint density at radius 2 is 1.68 bits per heavy atom. The highest BCUT2D eigenvalue weighted by Gasteiger charge is 2.38. The number of hydrogen-bond donors (Lipinski definition) is 1. The summed E-state index contributed by atoms with van der Waals surface area (Å²) in [7, 11) is 0. The summed E-state index contributed by atoms with van der Waals surface area (Å²) in [4.78, 5) is 28.7. The molecule has 1 aromatic heterocycles. The standard InChI is InChI=1S/C35H30F2N4O2S/c1-22-13-16-29(23(2)17-22)41-35-32(33(39-41)25-11-7-4-8-12-25)34(27-15-14-26(36)18-28(27)37)44-21-31(43)40(35)20-30(42)38-19-24-9-5-3-6-10-24/h3-18,34H,19-21H2,1-2H3,(H,38,42). The summed E-state index contributed by atoms with van der Waals surface area (Å²) in [6.07, 6.45) is 0. The van der Waals surface area contributed by atoms with Gasteiger partial charge in [-0.25, -0.2) is 13.5 Å². The van der Waals surface area contributed by atoms with Crippen molar-refractivity contribution in [3.8, 4) is 16.9 Å². The van der Waals surface area contributed by atoms with E-state index in [0.29, 0.717) is 23.6 Å². The van der Waals surface area contributed by atoms with Crippen LogP contribution in [0.1, 0.15) is 33.1 Å². The van der Waals surface area contributed by atoms with Crippen molar-refractivity contribution in [1.29, 1.82) is 0 Å². The van der Waals surface area contributed by atoms with Crippen LogP contribution < -0.4 is 10.2 Å². The van der Waals surface area contributed by atoms with Crippen molar-refractivity contribution >= 4 is 29.4 Å². The topological polar surface area (TPSA) is 67.2 Å². The summed E-state index contributed by atoms with van der Waals surface area (Å²) in [5, 5.41) is 7.27. The molecule has 4 aromatic carbocycles. The van der Waals surface area contributed by atoms with E-state index in [9.17, 15) is 14.0 Å².